The summed E-state index contributed by atoms with van der Waals surface area (Å²) >= 11 is 0. The zero-order valence-electron chi connectivity index (χ0n) is 12.0. The maximum absolute atomic E-state index is 13.8. The summed E-state index contributed by atoms with van der Waals surface area (Å²) in [5, 5.41) is 16.4. The zero-order valence-corrected chi connectivity index (χ0v) is 12.0. The molecule has 1 aliphatic rings. The van der Waals surface area contributed by atoms with E-state index in [-0.39, 0.29) is 6.42 Å². The number of carbonyl (C=O) groups excluding carboxylic acids is 1. The van der Waals surface area contributed by atoms with Crippen LogP contribution in [0.25, 0.3) is 0 Å². The third-order valence-corrected chi connectivity index (χ3v) is 2.72. The van der Waals surface area contributed by atoms with Crippen molar-refractivity contribution in [3.63, 3.8) is 0 Å². The molecule has 0 aliphatic carbocycles. The molecule has 0 atom stereocenters. The van der Waals surface area contributed by atoms with E-state index in [4.69, 9.17) is 0 Å². The number of alkyl halides is 2. The van der Waals surface area contributed by atoms with Crippen LogP contribution < -0.4 is 9.47 Å². The lowest BCUT2D eigenvalue weighted by atomic mass is 10.2. The van der Waals surface area contributed by atoms with Crippen LogP contribution in [-0.4, -0.2) is 24.5 Å². The fraction of sp³-hybridized carbons (Fsp3) is 0.308. The molecule has 23 heavy (non-hydrogen) atoms. The van der Waals surface area contributed by atoms with Crippen molar-refractivity contribution in [1.82, 2.24) is 0 Å². The van der Waals surface area contributed by atoms with Crippen LogP contribution in [-0.2, 0) is 9.53 Å². The number of aliphatic hydroxyl groups excluding tert-OH is 1. The summed E-state index contributed by atoms with van der Waals surface area (Å²) in [6.07, 6.45) is -3.85. The summed E-state index contributed by atoms with van der Waals surface area (Å²) in [5.41, 5.74) is -1.02. The number of methoxy groups -OCH3 is 1. The highest BCUT2D eigenvalue weighted by Crippen LogP contribution is 2.44. The number of rotatable bonds is 4. The minimum absolute atomic E-state index is 0.0549. The van der Waals surface area contributed by atoms with E-state index in [2.05, 4.69) is 24.4 Å². The Kier molecular flexibility index (Phi) is 4.43. The van der Waals surface area contributed by atoms with Gasteiger partial charge in [0.15, 0.2) is 17.3 Å². The number of hydrogen-bond donors (Lipinski definition) is 1. The number of aliphatic hydroxyl groups is 1. The molecule has 7 nitrogen and oxygen atoms in total. The first kappa shape index (κ1) is 16.6. The monoisotopic (exact) mass is 332 g/mol. The number of carbonyl (C=O) groups is 1. The Hall–Kier alpha value is -2.78. The van der Waals surface area contributed by atoms with Gasteiger partial charge in [-0.1, -0.05) is 6.92 Å². The van der Waals surface area contributed by atoms with E-state index in [9.17, 15) is 23.1 Å². The Morgan fingerprint density at radius 3 is 2.52 bits per heavy atom. The molecule has 1 aromatic carbocycles. The molecule has 10 heteroatoms. The van der Waals surface area contributed by atoms with E-state index < -0.39 is 46.7 Å². The van der Waals surface area contributed by atoms with Crippen molar-refractivity contribution < 1.29 is 37.3 Å². The number of hydrogen-bond acceptors (Lipinski definition) is 7. The third kappa shape index (κ3) is 3.52. The number of halogens is 3. The topological polar surface area (TPSA) is 89.7 Å². The van der Waals surface area contributed by atoms with Crippen molar-refractivity contribution in [3.8, 4) is 11.5 Å². The van der Waals surface area contributed by atoms with Crippen LogP contribution in [0.5, 0.6) is 11.5 Å². The number of nitrogens with zero attached hydrogens (tertiary/aromatic N) is 2. The summed E-state index contributed by atoms with van der Waals surface area (Å²) in [4.78, 5) is 11.5. The molecule has 1 N–H and O–H groups in total. The molecule has 0 bridgehead atoms. The summed E-state index contributed by atoms with van der Waals surface area (Å²) < 4.78 is 52.2. The Bertz CT molecular complexity index is 703. The molecule has 0 amide bonds. The zero-order chi connectivity index (χ0) is 17.2. The van der Waals surface area contributed by atoms with Crippen LogP contribution in [0.1, 0.15) is 13.3 Å². The van der Waals surface area contributed by atoms with E-state index >= 15 is 0 Å². The van der Waals surface area contributed by atoms with Gasteiger partial charge in [-0.3, -0.25) is 0 Å². The van der Waals surface area contributed by atoms with Gasteiger partial charge in [0.05, 0.1) is 7.11 Å². The van der Waals surface area contributed by atoms with Crippen LogP contribution in [0, 0.1) is 5.82 Å². The Morgan fingerprint density at radius 1 is 1.35 bits per heavy atom. The maximum Gasteiger partial charge on any atom is 0.586 e. The molecule has 0 spiro atoms. The molecule has 1 aliphatic heterocycles. The summed E-state index contributed by atoms with van der Waals surface area (Å²) in [6, 6.07) is 1.47. The van der Waals surface area contributed by atoms with Gasteiger partial charge in [-0.2, -0.15) is 0 Å². The van der Waals surface area contributed by atoms with Gasteiger partial charge in [0, 0.05) is 18.6 Å². The van der Waals surface area contributed by atoms with Crippen molar-refractivity contribution >= 4 is 11.7 Å². The molecular formula is C13H11F3N2O5. The number of ether oxygens (including phenoxy) is 3. The van der Waals surface area contributed by atoms with Crippen molar-refractivity contribution in [2.75, 3.05) is 7.11 Å². The van der Waals surface area contributed by atoms with Gasteiger partial charge < -0.3 is 19.3 Å². The molecule has 0 fully saturated rings. The van der Waals surface area contributed by atoms with Gasteiger partial charge in [0.25, 0.3) is 0 Å². The molecule has 124 valence electrons. The Labute approximate surface area is 128 Å². The second kappa shape index (κ2) is 6.15. The third-order valence-electron chi connectivity index (χ3n) is 2.72. The quantitative estimate of drug-likeness (QED) is 0.394. The van der Waals surface area contributed by atoms with Gasteiger partial charge in [-0.05, 0) is 0 Å². The Morgan fingerprint density at radius 2 is 1.96 bits per heavy atom. The number of fused-ring (bicyclic) bond motifs is 1. The van der Waals surface area contributed by atoms with E-state index in [1.54, 1.807) is 0 Å². The average molecular weight is 332 g/mol. The molecule has 2 rings (SSSR count). The molecule has 0 saturated carbocycles. The highest BCUT2D eigenvalue weighted by molar-refractivity contribution is 5.88. The SMILES string of the molecule is CC/C(O)=C(\N=Nc1cc2c(cc1F)OC(F)(F)O2)C(=O)OC. The van der Waals surface area contributed by atoms with Gasteiger partial charge >= 0.3 is 12.3 Å². The first-order valence-corrected chi connectivity index (χ1v) is 6.29. The minimum atomic E-state index is -3.90. The molecule has 1 heterocycles. The number of azo groups is 1. The lowest BCUT2D eigenvalue weighted by Crippen LogP contribution is -2.25. The van der Waals surface area contributed by atoms with E-state index in [1.807, 2.05) is 0 Å². The van der Waals surface area contributed by atoms with Crippen LogP contribution in [0.3, 0.4) is 0 Å². The van der Waals surface area contributed by atoms with Crippen LogP contribution in [0.2, 0.25) is 0 Å². The van der Waals surface area contributed by atoms with Crippen LogP contribution in [0.15, 0.2) is 33.8 Å². The summed E-state index contributed by atoms with van der Waals surface area (Å²) in [6.45, 7) is 1.54. The van der Waals surface area contributed by atoms with Gasteiger partial charge in [-0.15, -0.1) is 19.0 Å². The van der Waals surface area contributed by atoms with Crippen LogP contribution in [0.4, 0.5) is 18.9 Å². The largest absolute Gasteiger partial charge is 0.586 e. The normalized spacial score (nSPS) is 16.4. The molecule has 0 saturated heterocycles. The molecule has 1 aromatic rings. The lowest BCUT2D eigenvalue weighted by molar-refractivity contribution is -0.286. The summed E-state index contributed by atoms with van der Waals surface area (Å²) in [5.74, 6) is -3.37. The molecule has 0 unspecified atom stereocenters. The first-order chi connectivity index (χ1) is 10.8. The van der Waals surface area contributed by atoms with Gasteiger partial charge in [0.2, 0.25) is 5.70 Å². The summed E-state index contributed by atoms with van der Waals surface area (Å²) in [7, 11) is 1.06. The lowest BCUT2D eigenvalue weighted by Gasteiger charge is -2.04. The molecule has 0 aromatic heterocycles. The highest BCUT2D eigenvalue weighted by atomic mass is 19.3. The van der Waals surface area contributed by atoms with E-state index in [0.717, 1.165) is 13.2 Å². The van der Waals surface area contributed by atoms with E-state index in [0.29, 0.717) is 6.07 Å². The fourth-order valence-corrected chi connectivity index (χ4v) is 1.62. The van der Waals surface area contributed by atoms with Gasteiger partial charge in [-0.25, -0.2) is 9.18 Å². The standard InChI is InChI=1S/C13H11F3N2O5/c1-3-8(19)11(12(20)21-2)18-17-7-5-10-9(4-6(7)14)22-13(15,16)23-10/h4-5,19H,3H2,1-2H3/b11-8+,18-17?. The van der Waals surface area contributed by atoms with Crippen molar-refractivity contribution in [1.29, 1.82) is 0 Å². The van der Waals surface area contributed by atoms with Crippen molar-refractivity contribution in [3.05, 3.63) is 29.4 Å². The maximum atomic E-state index is 13.8. The highest BCUT2D eigenvalue weighted by Gasteiger charge is 2.44. The minimum Gasteiger partial charge on any atom is -0.510 e. The smallest absolute Gasteiger partial charge is 0.510 e. The van der Waals surface area contributed by atoms with E-state index in [1.165, 1.54) is 6.92 Å². The van der Waals surface area contributed by atoms with Crippen molar-refractivity contribution in [2.24, 2.45) is 10.2 Å². The second-order valence-corrected chi connectivity index (χ2v) is 4.26. The molecular weight excluding hydrogens is 321 g/mol. The number of allylic oxidation sites excluding steroid dienone is 1. The fourth-order valence-electron chi connectivity index (χ4n) is 1.62. The second-order valence-electron chi connectivity index (χ2n) is 4.26. The molecule has 0 radical (unpaired) electrons. The number of esters is 1. The predicted molar refractivity (Wildman–Crippen MR) is 69.1 cm³/mol. The number of benzene rings is 1. The van der Waals surface area contributed by atoms with Crippen LogP contribution >= 0.6 is 0 Å². The first-order valence-electron chi connectivity index (χ1n) is 6.29. The van der Waals surface area contributed by atoms with Crippen molar-refractivity contribution in [2.45, 2.75) is 19.6 Å². The Balaban J connectivity index is 2.35. The average Bonchev–Trinajstić information content (AvgIpc) is 2.79. The predicted octanol–water partition coefficient (Wildman–Crippen LogP) is 3.58. The van der Waals surface area contributed by atoms with Gasteiger partial charge in [0.1, 0.15) is 11.4 Å².